The fourth-order valence-electron chi connectivity index (χ4n) is 6.21. The molecule has 2 aliphatic rings. The standard InChI is InChI=1S/C29H29FN6O3/c1-15(37)25-26(19-11-21-8-9-22(12-19)35(21)29(39)16(2)38)34-28-23(14-33-36(28)27(25)31)18-5-10-24(32-13-18)17-3-6-20(30)7-4-17/h3-7,10,13-14,16,19,21-22,38H,8-9,11-12,31H2,1-2H3/t16-,19?,21-,22+/m1/s1. The highest BCUT2D eigenvalue weighted by molar-refractivity contribution is 6.00. The lowest BCUT2D eigenvalue weighted by atomic mass is 9.85. The van der Waals surface area contributed by atoms with Crippen molar-refractivity contribution in [3.8, 4) is 22.4 Å². The summed E-state index contributed by atoms with van der Waals surface area (Å²) in [5.41, 5.74) is 11.1. The number of anilines is 1. The maximum Gasteiger partial charge on any atom is 0.251 e. The summed E-state index contributed by atoms with van der Waals surface area (Å²) < 4.78 is 14.8. The third kappa shape index (κ3) is 4.24. The van der Waals surface area contributed by atoms with Crippen molar-refractivity contribution in [2.75, 3.05) is 5.73 Å². The van der Waals surface area contributed by atoms with E-state index in [9.17, 15) is 19.1 Å². The Morgan fingerprint density at radius 3 is 2.31 bits per heavy atom. The second kappa shape index (κ2) is 9.53. The Labute approximate surface area is 224 Å². The molecule has 1 aromatic carbocycles. The van der Waals surface area contributed by atoms with Gasteiger partial charge in [-0.1, -0.05) is 6.07 Å². The number of piperidine rings is 1. The van der Waals surface area contributed by atoms with E-state index in [2.05, 4.69) is 10.1 Å². The van der Waals surface area contributed by atoms with Crippen molar-refractivity contribution >= 4 is 23.2 Å². The van der Waals surface area contributed by atoms with Crippen LogP contribution in [0, 0.1) is 5.82 Å². The number of aromatic nitrogens is 4. The van der Waals surface area contributed by atoms with Crippen molar-refractivity contribution in [2.45, 2.75) is 63.6 Å². The fourth-order valence-corrected chi connectivity index (χ4v) is 6.21. The molecule has 3 N–H and O–H groups in total. The van der Waals surface area contributed by atoms with Crippen LogP contribution in [0.15, 0.2) is 48.8 Å². The molecule has 2 saturated heterocycles. The number of amides is 1. The summed E-state index contributed by atoms with van der Waals surface area (Å²) in [5.74, 6) is -0.563. The minimum Gasteiger partial charge on any atom is -0.384 e. The summed E-state index contributed by atoms with van der Waals surface area (Å²) in [5, 5.41) is 14.3. The largest absolute Gasteiger partial charge is 0.384 e. The number of aliphatic hydroxyl groups excluding tert-OH is 1. The lowest BCUT2D eigenvalue weighted by Crippen LogP contribution is -2.49. The van der Waals surface area contributed by atoms with Crippen LogP contribution in [0.5, 0.6) is 0 Å². The van der Waals surface area contributed by atoms with Crippen LogP contribution < -0.4 is 5.73 Å². The summed E-state index contributed by atoms with van der Waals surface area (Å²) in [6, 6.07) is 9.88. The lowest BCUT2D eigenvalue weighted by Gasteiger charge is -2.39. The zero-order valence-corrected chi connectivity index (χ0v) is 21.7. The molecule has 2 aliphatic heterocycles. The number of pyridine rings is 1. The first-order valence-corrected chi connectivity index (χ1v) is 13.1. The molecule has 0 aliphatic carbocycles. The van der Waals surface area contributed by atoms with E-state index in [4.69, 9.17) is 10.7 Å². The predicted octanol–water partition coefficient (Wildman–Crippen LogP) is 4.00. The van der Waals surface area contributed by atoms with Crippen LogP contribution in [0.2, 0.25) is 0 Å². The van der Waals surface area contributed by atoms with Crippen molar-refractivity contribution in [3.05, 3.63) is 65.9 Å². The predicted molar refractivity (Wildman–Crippen MR) is 143 cm³/mol. The van der Waals surface area contributed by atoms with Gasteiger partial charge in [0.2, 0.25) is 0 Å². The van der Waals surface area contributed by atoms with Crippen molar-refractivity contribution < 1.29 is 19.1 Å². The monoisotopic (exact) mass is 528 g/mol. The molecule has 3 aromatic heterocycles. The molecule has 1 unspecified atom stereocenters. The van der Waals surface area contributed by atoms with Crippen molar-refractivity contribution in [1.29, 1.82) is 0 Å². The summed E-state index contributed by atoms with van der Waals surface area (Å²) >= 11 is 0. The molecule has 4 aromatic rings. The number of nitrogens with two attached hydrogens (primary N) is 1. The number of rotatable bonds is 5. The van der Waals surface area contributed by atoms with Gasteiger partial charge in [-0.05, 0) is 69.9 Å². The van der Waals surface area contributed by atoms with Crippen LogP contribution in [-0.4, -0.2) is 59.5 Å². The molecule has 9 nitrogen and oxygen atoms in total. The normalized spacial score (nSPS) is 21.3. The first-order valence-electron chi connectivity index (χ1n) is 13.1. The number of nitrogens with zero attached hydrogens (tertiary/aromatic N) is 5. The van der Waals surface area contributed by atoms with Crippen LogP contribution in [0.3, 0.4) is 0 Å². The number of halogens is 1. The highest BCUT2D eigenvalue weighted by Gasteiger charge is 2.45. The number of aliphatic hydroxyl groups is 1. The van der Waals surface area contributed by atoms with E-state index in [-0.39, 0.29) is 41.3 Å². The van der Waals surface area contributed by atoms with E-state index >= 15 is 0 Å². The number of Topliss-reactive ketones (excluding diaryl/α,β-unsaturated/α-hetero) is 1. The number of ketones is 1. The van der Waals surface area contributed by atoms with E-state index in [1.54, 1.807) is 24.5 Å². The van der Waals surface area contributed by atoms with Gasteiger partial charge in [-0.2, -0.15) is 9.61 Å². The number of carbonyl (C=O) groups is 2. The SMILES string of the molecule is CC(=O)c1c(C2C[C@H]3CC[C@@H](C2)N3C(=O)[C@@H](C)O)nc2c(-c3ccc(-c4ccc(F)cc4)nc3)cnn2c1N. The molecule has 0 spiro atoms. The fraction of sp³-hybridized carbons (Fsp3) is 0.345. The zero-order chi connectivity index (χ0) is 27.4. The maximum atomic E-state index is 13.3. The molecule has 200 valence electrons. The van der Waals surface area contributed by atoms with Gasteiger partial charge in [-0.15, -0.1) is 0 Å². The molecule has 5 heterocycles. The molecular formula is C29H29FN6O3. The minimum atomic E-state index is -1.04. The Morgan fingerprint density at radius 2 is 1.72 bits per heavy atom. The summed E-state index contributed by atoms with van der Waals surface area (Å²) in [6.07, 6.45) is 5.35. The average Bonchev–Trinajstić information content (AvgIpc) is 3.46. The van der Waals surface area contributed by atoms with Crippen LogP contribution in [0.25, 0.3) is 28.0 Å². The molecule has 1 amide bonds. The molecular weight excluding hydrogens is 499 g/mol. The Hall–Kier alpha value is -4.18. The van der Waals surface area contributed by atoms with E-state index in [1.807, 2.05) is 17.0 Å². The second-order valence-corrected chi connectivity index (χ2v) is 10.5. The van der Waals surface area contributed by atoms with E-state index in [0.29, 0.717) is 35.4 Å². The molecule has 2 bridgehead atoms. The summed E-state index contributed by atoms with van der Waals surface area (Å²) in [6.45, 7) is 2.98. The molecule has 39 heavy (non-hydrogen) atoms. The van der Waals surface area contributed by atoms with Crippen LogP contribution >= 0.6 is 0 Å². The molecule has 2 fully saturated rings. The average molecular weight is 529 g/mol. The first-order chi connectivity index (χ1) is 18.7. The van der Waals surface area contributed by atoms with Crippen molar-refractivity contribution in [1.82, 2.24) is 24.5 Å². The van der Waals surface area contributed by atoms with Gasteiger partial charge >= 0.3 is 0 Å². The third-order valence-corrected chi connectivity index (χ3v) is 8.01. The van der Waals surface area contributed by atoms with Gasteiger partial charge in [-0.25, -0.2) is 9.37 Å². The van der Waals surface area contributed by atoms with Gasteiger partial charge in [0, 0.05) is 40.9 Å². The Morgan fingerprint density at radius 1 is 1.05 bits per heavy atom. The minimum absolute atomic E-state index is 0.0116. The zero-order valence-electron chi connectivity index (χ0n) is 21.7. The highest BCUT2D eigenvalue weighted by Crippen LogP contribution is 2.44. The highest BCUT2D eigenvalue weighted by atomic mass is 19.1. The number of carbonyl (C=O) groups excluding carboxylic acids is 2. The van der Waals surface area contributed by atoms with Gasteiger partial charge in [0.25, 0.3) is 5.91 Å². The van der Waals surface area contributed by atoms with Gasteiger partial charge in [-0.3, -0.25) is 14.6 Å². The Balaban J connectivity index is 1.39. The second-order valence-electron chi connectivity index (χ2n) is 10.5. The molecule has 0 radical (unpaired) electrons. The van der Waals surface area contributed by atoms with Crippen LogP contribution in [-0.2, 0) is 4.79 Å². The molecule has 10 heteroatoms. The topological polar surface area (TPSA) is 127 Å². The number of hydrogen-bond donors (Lipinski definition) is 2. The third-order valence-electron chi connectivity index (χ3n) is 8.01. The Kier molecular flexibility index (Phi) is 6.14. The quantitative estimate of drug-likeness (QED) is 0.375. The number of nitrogen functional groups attached to an aromatic ring is 1. The van der Waals surface area contributed by atoms with E-state index in [1.165, 1.54) is 30.5 Å². The van der Waals surface area contributed by atoms with Gasteiger partial charge in [0.05, 0.1) is 23.1 Å². The number of benzene rings is 1. The molecule has 6 rings (SSSR count). The number of fused-ring (bicyclic) bond motifs is 3. The lowest BCUT2D eigenvalue weighted by molar-refractivity contribution is -0.144. The van der Waals surface area contributed by atoms with Gasteiger partial charge in [0.1, 0.15) is 17.7 Å². The van der Waals surface area contributed by atoms with Crippen LogP contribution in [0.1, 0.15) is 61.5 Å². The molecule has 0 saturated carbocycles. The first kappa shape index (κ1) is 25.1. The maximum absolute atomic E-state index is 13.3. The van der Waals surface area contributed by atoms with Gasteiger partial charge < -0.3 is 15.7 Å². The summed E-state index contributed by atoms with van der Waals surface area (Å²) in [7, 11) is 0. The number of hydrogen-bond acceptors (Lipinski definition) is 7. The van der Waals surface area contributed by atoms with Crippen molar-refractivity contribution in [2.24, 2.45) is 0 Å². The van der Waals surface area contributed by atoms with Crippen molar-refractivity contribution in [3.63, 3.8) is 0 Å². The van der Waals surface area contributed by atoms with Crippen LogP contribution in [0.4, 0.5) is 10.2 Å². The van der Waals surface area contributed by atoms with E-state index < -0.39 is 6.10 Å². The smallest absolute Gasteiger partial charge is 0.251 e. The van der Waals surface area contributed by atoms with E-state index in [0.717, 1.165) is 29.5 Å². The molecule has 4 atom stereocenters. The van der Waals surface area contributed by atoms with Gasteiger partial charge in [0.15, 0.2) is 11.4 Å². The Bertz CT molecular complexity index is 1570. The summed E-state index contributed by atoms with van der Waals surface area (Å²) in [4.78, 5) is 36.8.